The van der Waals surface area contributed by atoms with E-state index in [2.05, 4.69) is 0 Å². The van der Waals surface area contributed by atoms with Crippen molar-refractivity contribution in [3.05, 3.63) is 136 Å². The number of benzene rings is 4. The summed E-state index contributed by atoms with van der Waals surface area (Å²) in [5.74, 6) is -0.649. The number of amides is 2. The fourth-order valence-electron chi connectivity index (χ4n) is 6.94. The van der Waals surface area contributed by atoms with Crippen LogP contribution >= 0.6 is 0 Å². The van der Waals surface area contributed by atoms with Crippen LogP contribution in [0.4, 0.5) is 64.1 Å². The third-order valence-corrected chi connectivity index (χ3v) is 10.3. The van der Waals surface area contributed by atoms with Crippen LogP contribution in [0.2, 0.25) is 0 Å². The SMILES string of the molecule is CC(=O)/C=C/c1ccc2c(c1)CCC(=O)N2Cc1ccc(C(O)(C(F)(F)F)C(F)(F)F)cc1.O=Cc1ccc2c(c1)CCC(=O)N2Cc1ccc(C(O)(C(F)(F)F)C(F)(F)F)cc1. The minimum atomic E-state index is -5.97. The standard InChI is InChI=1S/C23H19F6NO3.C20H15F6NO3/c1-14(31)2-3-15-6-10-19-17(12-15)7-11-20(32)30(19)13-16-4-8-18(9-5-16)21(33,22(24,25)26)23(27,28)29;21-19(22,23)18(30,20(24,25)26)15-5-1-12(2-6-15)10-27-16-7-3-13(11-28)9-14(16)4-8-17(27)29/h2-6,8-10,12,33H,7,11,13H2,1H3;1-3,5-7,9,11,30H,4,8,10H2/b3-2+;. The lowest BCUT2D eigenvalue weighted by atomic mass is 9.91. The Bertz CT molecular complexity index is 2360. The van der Waals surface area contributed by atoms with Crippen molar-refractivity contribution < 1.29 is 82.1 Å². The van der Waals surface area contributed by atoms with E-state index < -0.39 is 47.0 Å². The molecular weight excluding hydrogens is 868 g/mol. The van der Waals surface area contributed by atoms with E-state index in [1.165, 1.54) is 28.9 Å². The Morgan fingerprint density at radius 2 is 0.905 bits per heavy atom. The number of aliphatic hydroxyl groups is 2. The van der Waals surface area contributed by atoms with Crippen LogP contribution in [0.15, 0.2) is 91.0 Å². The highest BCUT2D eigenvalue weighted by molar-refractivity contribution is 5.98. The maximum Gasteiger partial charge on any atom is 0.430 e. The fourth-order valence-corrected chi connectivity index (χ4v) is 6.94. The number of hydrogen-bond acceptors (Lipinski definition) is 6. The van der Waals surface area contributed by atoms with Crippen LogP contribution in [0.25, 0.3) is 6.08 Å². The van der Waals surface area contributed by atoms with Crippen molar-refractivity contribution in [2.75, 3.05) is 9.80 Å². The molecule has 4 aromatic carbocycles. The number of ketones is 1. The van der Waals surface area contributed by atoms with Crippen LogP contribution in [0, 0.1) is 0 Å². The van der Waals surface area contributed by atoms with E-state index in [0.29, 0.717) is 60.3 Å². The number of halogens is 12. The number of anilines is 2. The summed E-state index contributed by atoms with van der Waals surface area (Å²) >= 11 is 0. The molecule has 2 aliphatic heterocycles. The van der Waals surface area contributed by atoms with Gasteiger partial charge in [0.2, 0.25) is 11.8 Å². The van der Waals surface area contributed by atoms with E-state index in [1.807, 2.05) is 6.07 Å². The molecule has 8 nitrogen and oxygen atoms in total. The van der Waals surface area contributed by atoms with E-state index in [4.69, 9.17) is 0 Å². The minimum absolute atomic E-state index is 0.0782. The third-order valence-electron chi connectivity index (χ3n) is 10.3. The van der Waals surface area contributed by atoms with Gasteiger partial charge in [-0.1, -0.05) is 60.7 Å². The molecule has 63 heavy (non-hydrogen) atoms. The summed E-state index contributed by atoms with van der Waals surface area (Å²) in [5, 5.41) is 18.9. The van der Waals surface area contributed by atoms with E-state index in [9.17, 15) is 82.1 Å². The van der Waals surface area contributed by atoms with Gasteiger partial charge in [0.05, 0.1) is 13.1 Å². The number of fused-ring (bicyclic) bond motifs is 2. The lowest BCUT2D eigenvalue weighted by Gasteiger charge is -2.33. The van der Waals surface area contributed by atoms with Crippen molar-refractivity contribution in [2.45, 2.75) is 81.6 Å². The smallest absolute Gasteiger partial charge is 0.369 e. The summed E-state index contributed by atoms with van der Waals surface area (Å²) in [6, 6.07) is 16.1. The molecule has 4 aromatic rings. The highest BCUT2D eigenvalue weighted by Gasteiger charge is 2.72. The highest BCUT2D eigenvalue weighted by Crippen LogP contribution is 2.51. The van der Waals surface area contributed by atoms with Gasteiger partial charge in [-0.3, -0.25) is 19.2 Å². The molecule has 0 saturated carbocycles. The third kappa shape index (κ3) is 9.81. The van der Waals surface area contributed by atoms with Crippen molar-refractivity contribution in [1.82, 2.24) is 0 Å². The Kier molecular flexibility index (Phi) is 13.4. The normalized spacial score (nSPS) is 15.2. The van der Waals surface area contributed by atoms with Crippen molar-refractivity contribution in [3.63, 3.8) is 0 Å². The highest BCUT2D eigenvalue weighted by atomic mass is 19.4. The number of rotatable bonds is 9. The number of carbonyl (C=O) groups excluding carboxylic acids is 4. The first-order chi connectivity index (χ1) is 29.1. The number of hydrogen-bond donors (Lipinski definition) is 2. The van der Waals surface area contributed by atoms with Crippen molar-refractivity contribution in [3.8, 4) is 0 Å². The number of allylic oxidation sites excluding steroid dienone is 1. The number of nitrogens with zero attached hydrogens (tertiary/aromatic N) is 2. The van der Waals surface area contributed by atoms with E-state index >= 15 is 0 Å². The first kappa shape index (κ1) is 48.0. The molecule has 0 spiro atoms. The van der Waals surface area contributed by atoms with Crippen molar-refractivity contribution in [1.29, 1.82) is 0 Å². The molecule has 0 saturated heterocycles. The lowest BCUT2D eigenvalue weighted by Crippen LogP contribution is -2.53. The van der Waals surface area contributed by atoms with Gasteiger partial charge >= 0.3 is 24.7 Å². The number of carbonyl (C=O) groups is 4. The average Bonchev–Trinajstić information content (AvgIpc) is 3.20. The minimum Gasteiger partial charge on any atom is -0.369 e. The van der Waals surface area contributed by atoms with Gasteiger partial charge in [-0.05, 0) is 84.0 Å². The largest absolute Gasteiger partial charge is 0.430 e. The van der Waals surface area contributed by atoms with Gasteiger partial charge in [0.1, 0.15) is 6.29 Å². The van der Waals surface area contributed by atoms with Crippen LogP contribution in [-0.2, 0) is 51.5 Å². The van der Waals surface area contributed by atoms with Crippen molar-refractivity contribution in [2.24, 2.45) is 0 Å². The van der Waals surface area contributed by atoms with Gasteiger partial charge in [0.15, 0.2) is 5.78 Å². The Labute approximate surface area is 350 Å². The van der Waals surface area contributed by atoms with Gasteiger partial charge in [-0.25, -0.2) is 0 Å². The molecule has 0 bridgehead atoms. The summed E-state index contributed by atoms with van der Waals surface area (Å²) in [4.78, 5) is 49.6. The van der Waals surface area contributed by atoms with Gasteiger partial charge in [-0.15, -0.1) is 0 Å². The average molecular weight is 903 g/mol. The predicted molar refractivity (Wildman–Crippen MR) is 202 cm³/mol. The molecule has 0 radical (unpaired) electrons. The molecule has 2 amide bonds. The molecule has 6 rings (SSSR count). The molecule has 0 aromatic heterocycles. The first-order valence-electron chi connectivity index (χ1n) is 18.5. The van der Waals surface area contributed by atoms with Crippen molar-refractivity contribution >= 4 is 41.3 Å². The molecule has 0 atom stereocenters. The van der Waals surface area contributed by atoms with Crippen LogP contribution in [0.1, 0.15) is 69.1 Å². The molecule has 336 valence electrons. The second-order valence-corrected chi connectivity index (χ2v) is 14.6. The first-order valence-corrected chi connectivity index (χ1v) is 18.5. The quantitative estimate of drug-likeness (QED) is 0.0984. The van der Waals surface area contributed by atoms with E-state index in [-0.39, 0.29) is 54.7 Å². The zero-order valence-corrected chi connectivity index (χ0v) is 32.5. The zero-order chi connectivity index (χ0) is 46.9. The maximum absolute atomic E-state index is 13.1. The summed E-state index contributed by atoms with van der Waals surface area (Å²) in [6.07, 6.45) is -19.0. The maximum atomic E-state index is 13.1. The number of aldehydes is 1. The van der Waals surface area contributed by atoms with E-state index in [0.717, 1.165) is 41.0 Å². The van der Waals surface area contributed by atoms with Crippen LogP contribution in [0.5, 0.6) is 0 Å². The summed E-state index contributed by atoms with van der Waals surface area (Å²) in [7, 11) is 0. The Balaban J connectivity index is 0.000000239. The number of aryl methyl sites for hydroxylation is 2. The molecular formula is C43H34F12N2O6. The molecule has 20 heteroatoms. The Morgan fingerprint density at radius 3 is 1.24 bits per heavy atom. The molecule has 0 aliphatic carbocycles. The van der Waals surface area contributed by atoms with Crippen LogP contribution < -0.4 is 9.80 Å². The predicted octanol–water partition coefficient (Wildman–Crippen LogP) is 9.37. The topological polar surface area (TPSA) is 115 Å². The van der Waals surface area contributed by atoms with E-state index in [1.54, 1.807) is 30.3 Å². The lowest BCUT2D eigenvalue weighted by molar-refractivity contribution is -0.376. The molecule has 2 aliphatic rings. The van der Waals surface area contributed by atoms with Gasteiger partial charge in [0, 0.05) is 40.9 Å². The number of alkyl halides is 12. The molecule has 0 fully saturated rings. The summed E-state index contributed by atoms with van der Waals surface area (Å²) < 4.78 is 156. The molecule has 0 unspecified atom stereocenters. The van der Waals surface area contributed by atoms with Gasteiger partial charge < -0.3 is 20.0 Å². The Hall–Kier alpha value is -6.02. The zero-order valence-electron chi connectivity index (χ0n) is 32.5. The monoisotopic (exact) mass is 902 g/mol. The second-order valence-electron chi connectivity index (χ2n) is 14.6. The second kappa shape index (κ2) is 17.6. The Morgan fingerprint density at radius 1 is 0.556 bits per heavy atom. The van der Waals surface area contributed by atoms with Crippen LogP contribution in [0.3, 0.4) is 0 Å². The fraction of sp³-hybridized carbons (Fsp3) is 0.302. The molecule has 2 N–H and O–H groups in total. The van der Waals surface area contributed by atoms with Gasteiger partial charge in [0.25, 0.3) is 11.2 Å². The molecule has 2 heterocycles. The summed E-state index contributed by atoms with van der Waals surface area (Å²) in [6.45, 7) is 1.24. The van der Waals surface area contributed by atoms with Crippen LogP contribution in [-0.4, -0.2) is 58.8 Å². The van der Waals surface area contributed by atoms with Gasteiger partial charge in [-0.2, -0.15) is 52.7 Å². The summed E-state index contributed by atoms with van der Waals surface area (Å²) in [5.41, 5.74) is -8.37.